The molecule has 144 valence electrons. The van der Waals surface area contributed by atoms with Crippen LogP contribution in [0.25, 0.3) is 11.3 Å². The topological polar surface area (TPSA) is 90.9 Å². The van der Waals surface area contributed by atoms with Crippen LogP contribution in [0.5, 0.6) is 0 Å². The SMILES string of the molecule is CC1(C)Cc2[nH]nc(-c3cc(F)nc(NCc4cccc(C(=O)O)c4)c3)c2C1. The van der Waals surface area contributed by atoms with Crippen LogP contribution in [0.3, 0.4) is 0 Å². The number of aromatic nitrogens is 3. The van der Waals surface area contributed by atoms with E-state index < -0.39 is 11.9 Å². The van der Waals surface area contributed by atoms with Gasteiger partial charge in [-0.1, -0.05) is 26.0 Å². The molecule has 2 heterocycles. The third kappa shape index (κ3) is 3.60. The molecular weight excluding hydrogens is 359 g/mol. The van der Waals surface area contributed by atoms with Crippen molar-refractivity contribution >= 4 is 11.8 Å². The smallest absolute Gasteiger partial charge is 0.335 e. The fraction of sp³-hybridized carbons (Fsp3) is 0.286. The van der Waals surface area contributed by atoms with Crippen molar-refractivity contribution in [1.29, 1.82) is 0 Å². The Morgan fingerprint density at radius 1 is 1.29 bits per heavy atom. The zero-order chi connectivity index (χ0) is 19.9. The highest BCUT2D eigenvalue weighted by atomic mass is 19.1. The van der Waals surface area contributed by atoms with Gasteiger partial charge in [-0.3, -0.25) is 5.10 Å². The minimum absolute atomic E-state index is 0.167. The van der Waals surface area contributed by atoms with Crippen LogP contribution in [0.2, 0.25) is 0 Å². The summed E-state index contributed by atoms with van der Waals surface area (Å²) in [6.07, 6.45) is 1.82. The molecule has 0 radical (unpaired) electrons. The van der Waals surface area contributed by atoms with Gasteiger partial charge >= 0.3 is 5.97 Å². The molecule has 1 aliphatic rings. The molecular formula is C21H21FN4O2. The highest BCUT2D eigenvalue weighted by Gasteiger charge is 2.32. The maximum absolute atomic E-state index is 14.2. The molecule has 0 saturated heterocycles. The molecule has 2 aromatic heterocycles. The first-order valence-electron chi connectivity index (χ1n) is 9.11. The quantitative estimate of drug-likeness (QED) is 0.581. The fourth-order valence-corrected chi connectivity index (χ4v) is 3.73. The molecule has 0 unspecified atom stereocenters. The normalized spacial score (nSPS) is 14.7. The lowest BCUT2D eigenvalue weighted by atomic mass is 9.90. The van der Waals surface area contributed by atoms with Crippen LogP contribution in [0.15, 0.2) is 36.4 Å². The third-order valence-corrected chi connectivity index (χ3v) is 4.98. The molecule has 0 fully saturated rings. The van der Waals surface area contributed by atoms with E-state index in [1.807, 2.05) is 6.07 Å². The number of hydrogen-bond donors (Lipinski definition) is 3. The average molecular weight is 380 g/mol. The van der Waals surface area contributed by atoms with Crippen molar-refractivity contribution in [3.8, 4) is 11.3 Å². The number of pyridine rings is 1. The van der Waals surface area contributed by atoms with Gasteiger partial charge in [0.1, 0.15) is 5.82 Å². The monoisotopic (exact) mass is 380 g/mol. The molecule has 0 bridgehead atoms. The van der Waals surface area contributed by atoms with E-state index in [1.165, 1.54) is 12.1 Å². The molecule has 0 atom stereocenters. The second-order valence-corrected chi connectivity index (χ2v) is 7.97. The Morgan fingerprint density at radius 2 is 2.11 bits per heavy atom. The van der Waals surface area contributed by atoms with Crippen molar-refractivity contribution in [1.82, 2.24) is 15.2 Å². The summed E-state index contributed by atoms with van der Waals surface area (Å²) in [6, 6.07) is 9.76. The molecule has 3 aromatic rings. The number of H-pyrrole nitrogens is 1. The zero-order valence-corrected chi connectivity index (χ0v) is 15.7. The average Bonchev–Trinajstić information content (AvgIpc) is 3.14. The first kappa shape index (κ1) is 18.2. The summed E-state index contributed by atoms with van der Waals surface area (Å²) in [5, 5.41) is 19.6. The van der Waals surface area contributed by atoms with Crippen molar-refractivity contribution in [3.63, 3.8) is 0 Å². The van der Waals surface area contributed by atoms with Crippen LogP contribution >= 0.6 is 0 Å². The maximum atomic E-state index is 14.2. The highest BCUT2D eigenvalue weighted by molar-refractivity contribution is 5.87. The molecule has 0 spiro atoms. The molecule has 6 nitrogen and oxygen atoms in total. The first-order chi connectivity index (χ1) is 13.3. The van der Waals surface area contributed by atoms with Gasteiger partial charge in [-0.15, -0.1) is 0 Å². The third-order valence-electron chi connectivity index (χ3n) is 4.98. The Morgan fingerprint density at radius 3 is 2.89 bits per heavy atom. The molecule has 3 N–H and O–H groups in total. The van der Waals surface area contributed by atoms with Crippen molar-refractivity contribution < 1.29 is 14.3 Å². The van der Waals surface area contributed by atoms with Crippen molar-refractivity contribution in [2.24, 2.45) is 5.41 Å². The molecule has 1 aromatic carbocycles. The van der Waals surface area contributed by atoms with Crippen LogP contribution < -0.4 is 5.32 Å². The number of carboxylic acid groups (broad SMARTS) is 1. The van der Waals surface area contributed by atoms with Crippen LogP contribution in [0.1, 0.15) is 41.0 Å². The number of hydrogen-bond acceptors (Lipinski definition) is 4. The van der Waals surface area contributed by atoms with E-state index in [1.54, 1.807) is 18.2 Å². The summed E-state index contributed by atoms with van der Waals surface area (Å²) < 4.78 is 14.2. The van der Waals surface area contributed by atoms with Crippen molar-refractivity contribution in [3.05, 3.63) is 64.7 Å². The molecule has 1 aliphatic carbocycles. The Balaban J connectivity index is 1.57. The largest absolute Gasteiger partial charge is 0.478 e. The Kier molecular flexibility index (Phi) is 4.37. The minimum Gasteiger partial charge on any atom is -0.478 e. The molecule has 0 amide bonds. The van der Waals surface area contributed by atoms with Gasteiger partial charge in [0.05, 0.1) is 11.3 Å². The summed E-state index contributed by atoms with van der Waals surface area (Å²) in [4.78, 5) is 15.0. The number of rotatable bonds is 5. The summed E-state index contributed by atoms with van der Waals surface area (Å²) in [5.74, 6) is -1.19. The van der Waals surface area contributed by atoms with E-state index in [2.05, 4.69) is 34.3 Å². The predicted molar refractivity (Wildman–Crippen MR) is 104 cm³/mol. The summed E-state index contributed by atoms with van der Waals surface area (Å²) >= 11 is 0. The van der Waals surface area contributed by atoms with E-state index in [9.17, 15) is 9.18 Å². The summed E-state index contributed by atoms with van der Waals surface area (Å²) in [5.41, 5.74) is 4.83. The number of carboxylic acids is 1. The van der Waals surface area contributed by atoms with Gasteiger partial charge in [0.15, 0.2) is 0 Å². The number of nitrogens with one attached hydrogen (secondary N) is 2. The maximum Gasteiger partial charge on any atom is 0.335 e. The standard InChI is InChI=1S/C21H21FN4O2/c1-21(2)9-15-16(10-21)25-26-19(15)14-7-17(22)24-18(8-14)23-11-12-4-3-5-13(6-12)20(27)28/h3-8H,9-11H2,1-2H3,(H,23,24)(H,25,26)(H,27,28). The van der Waals surface area contributed by atoms with E-state index in [0.29, 0.717) is 17.9 Å². The minimum atomic E-state index is -0.983. The lowest BCUT2D eigenvalue weighted by Crippen LogP contribution is -2.11. The van der Waals surface area contributed by atoms with Gasteiger partial charge in [0, 0.05) is 29.4 Å². The fourth-order valence-electron chi connectivity index (χ4n) is 3.73. The van der Waals surface area contributed by atoms with Crippen molar-refractivity contribution in [2.75, 3.05) is 5.32 Å². The Bertz CT molecular complexity index is 1060. The molecule has 0 saturated carbocycles. The number of aromatic carboxylic acids is 1. The molecule has 7 heteroatoms. The summed E-state index contributed by atoms with van der Waals surface area (Å²) in [6.45, 7) is 4.74. The number of halogens is 1. The van der Waals surface area contributed by atoms with E-state index in [4.69, 9.17) is 5.11 Å². The van der Waals surface area contributed by atoms with Crippen LogP contribution in [-0.2, 0) is 19.4 Å². The van der Waals surface area contributed by atoms with Gasteiger partial charge in [-0.25, -0.2) is 9.78 Å². The number of aromatic amines is 1. The zero-order valence-electron chi connectivity index (χ0n) is 15.7. The Labute approximate surface area is 161 Å². The van der Waals surface area contributed by atoms with E-state index in [-0.39, 0.29) is 11.0 Å². The molecule has 4 rings (SSSR count). The second-order valence-electron chi connectivity index (χ2n) is 7.97. The van der Waals surface area contributed by atoms with E-state index in [0.717, 1.165) is 35.4 Å². The van der Waals surface area contributed by atoms with Crippen LogP contribution in [0.4, 0.5) is 10.2 Å². The Hall–Kier alpha value is -3.22. The van der Waals surface area contributed by atoms with Crippen LogP contribution in [-0.4, -0.2) is 26.3 Å². The van der Waals surface area contributed by atoms with Gasteiger partial charge in [0.25, 0.3) is 0 Å². The number of benzene rings is 1. The van der Waals surface area contributed by atoms with Gasteiger partial charge < -0.3 is 10.4 Å². The number of anilines is 1. The number of nitrogens with zero attached hydrogens (tertiary/aromatic N) is 2. The van der Waals surface area contributed by atoms with Gasteiger partial charge in [-0.05, 0) is 42.0 Å². The number of fused-ring (bicyclic) bond motifs is 1. The van der Waals surface area contributed by atoms with Crippen molar-refractivity contribution in [2.45, 2.75) is 33.2 Å². The van der Waals surface area contributed by atoms with Crippen LogP contribution in [0, 0.1) is 11.4 Å². The van der Waals surface area contributed by atoms with Gasteiger partial charge in [-0.2, -0.15) is 9.49 Å². The second kappa shape index (κ2) is 6.74. The molecule has 28 heavy (non-hydrogen) atoms. The highest BCUT2D eigenvalue weighted by Crippen LogP contribution is 2.40. The first-order valence-corrected chi connectivity index (χ1v) is 9.11. The lowest BCUT2D eigenvalue weighted by molar-refractivity contribution is 0.0696. The summed E-state index contributed by atoms with van der Waals surface area (Å²) in [7, 11) is 0. The predicted octanol–water partition coefficient (Wildman–Crippen LogP) is 4.05. The lowest BCUT2D eigenvalue weighted by Gasteiger charge is -2.15. The number of carbonyl (C=O) groups is 1. The van der Waals surface area contributed by atoms with Gasteiger partial charge in [0.2, 0.25) is 5.95 Å². The van der Waals surface area contributed by atoms with E-state index >= 15 is 0 Å². The molecule has 0 aliphatic heterocycles.